The van der Waals surface area contributed by atoms with Crippen LogP contribution in [-0.4, -0.2) is 24.7 Å². The zero-order valence-corrected chi connectivity index (χ0v) is 6.70. The van der Waals surface area contributed by atoms with Crippen LogP contribution >= 0.6 is 0 Å². The lowest BCUT2D eigenvalue weighted by molar-refractivity contribution is 0.0660. The third kappa shape index (κ3) is 0.879. The highest BCUT2D eigenvalue weighted by Gasteiger charge is 2.23. The highest BCUT2D eigenvalue weighted by Crippen LogP contribution is 2.29. The van der Waals surface area contributed by atoms with Gasteiger partial charge in [-0.2, -0.15) is 0 Å². The quantitative estimate of drug-likeness (QED) is 0.677. The van der Waals surface area contributed by atoms with E-state index >= 15 is 0 Å². The van der Waals surface area contributed by atoms with Gasteiger partial charge >= 0.3 is 5.97 Å². The average molecular weight is 167 g/mol. The summed E-state index contributed by atoms with van der Waals surface area (Å²) in [5, 5.41) is 8.62. The molecule has 2 rings (SSSR count). The number of carbonyl (C=O) groups is 1. The number of hydrogen-bond donors (Lipinski definition) is 1. The van der Waals surface area contributed by atoms with Gasteiger partial charge in [-0.1, -0.05) is 0 Å². The van der Waals surface area contributed by atoms with Crippen LogP contribution in [0.15, 0.2) is 10.5 Å². The maximum absolute atomic E-state index is 10.5. The summed E-state index contributed by atoms with van der Waals surface area (Å²) in [5.41, 5.74) is 0.910. The van der Waals surface area contributed by atoms with Crippen molar-refractivity contribution in [2.45, 2.75) is 6.42 Å². The first-order valence-corrected chi connectivity index (χ1v) is 3.75. The number of furan rings is 1. The van der Waals surface area contributed by atoms with E-state index in [1.54, 1.807) is 6.07 Å². The van der Waals surface area contributed by atoms with Crippen molar-refractivity contribution in [3.05, 3.63) is 17.6 Å². The molecule has 1 aliphatic heterocycles. The maximum Gasteiger partial charge on any atom is 0.371 e. The Hall–Kier alpha value is -1.45. The second-order valence-corrected chi connectivity index (χ2v) is 2.90. The van der Waals surface area contributed by atoms with Gasteiger partial charge in [0.25, 0.3) is 0 Å². The van der Waals surface area contributed by atoms with Gasteiger partial charge in [-0.15, -0.1) is 0 Å². The van der Waals surface area contributed by atoms with E-state index in [4.69, 9.17) is 9.52 Å². The molecular formula is C8H9NO3. The Kier molecular flexibility index (Phi) is 1.36. The normalized spacial score (nSPS) is 14.9. The predicted octanol–water partition coefficient (Wildman–Crippen LogP) is 0.970. The van der Waals surface area contributed by atoms with Crippen LogP contribution in [0.3, 0.4) is 0 Å². The number of nitrogens with zero attached hydrogens (tertiary/aromatic N) is 1. The standard InChI is InChI=1S/C8H9NO3/c1-9-3-2-6-5(9)4-7(12-6)8(10)11/h4H,2-3H2,1H3,(H,10,11). The molecule has 64 valence electrons. The zero-order chi connectivity index (χ0) is 8.72. The maximum atomic E-state index is 10.5. The lowest BCUT2D eigenvalue weighted by Crippen LogP contribution is -2.12. The molecule has 4 heteroatoms. The van der Waals surface area contributed by atoms with E-state index in [-0.39, 0.29) is 5.76 Å². The number of anilines is 1. The van der Waals surface area contributed by atoms with Crippen molar-refractivity contribution in [2.24, 2.45) is 0 Å². The van der Waals surface area contributed by atoms with Crippen molar-refractivity contribution >= 4 is 11.7 Å². The van der Waals surface area contributed by atoms with E-state index < -0.39 is 5.97 Å². The molecule has 4 nitrogen and oxygen atoms in total. The summed E-state index contributed by atoms with van der Waals surface area (Å²) in [5.74, 6) is -0.181. The molecule has 0 saturated heterocycles. The molecule has 1 aliphatic rings. The number of rotatable bonds is 1. The van der Waals surface area contributed by atoms with Gasteiger partial charge in [0.15, 0.2) is 0 Å². The van der Waals surface area contributed by atoms with Crippen molar-refractivity contribution in [1.82, 2.24) is 0 Å². The number of carboxylic acid groups (broad SMARTS) is 1. The molecule has 0 amide bonds. The molecule has 1 N–H and O–H groups in total. The Morgan fingerprint density at radius 3 is 3.08 bits per heavy atom. The molecular weight excluding hydrogens is 158 g/mol. The van der Waals surface area contributed by atoms with Crippen LogP contribution in [0.5, 0.6) is 0 Å². The second kappa shape index (κ2) is 2.27. The molecule has 1 aromatic rings. The van der Waals surface area contributed by atoms with Gasteiger partial charge in [-0.25, -0.2) is 4.79 Å². The minimum Gasteiger partial charge on any atom is -0.475 e. The number of likely N-dealkylation sites (N-methyl/N-ethyl adjacent to an activating group) is 1. The van der Waals surface area contributed by atoms with Crippen LogP contribution in [0.25, 0.3) is 0 Å². The van der Waals surface area contributed by atoms with Crippen molar-refractivity contribution in [2.75, 3.05) is 18.5 Å². The average Bonchev–Trinajstić information content (AvgIpc) is 2.53. The number of carboxylic acids is 1. The lowest BCUT2D eigenvalue weighted by Gasteiger charge is -2.07. The van der Waals surface area contributed by atoms with Gasteiger partial charge in [-0.05, 0) is 0 Å². The Morgan fingerprint density at radius 2 is 2.50 bits per heavy atom. The van der Waals surface area contributed by atoms with Crippen LogP contribution in [0.4, 0.5) is 5.69 Å². The molecule has 0 aliphatic carbocycles. The summed E-state index contributed by atoms with van der Waals surface area (Å²) < 4.78 is 5.12. The third-order valence-corrected chi connectivity index (χ3v) is 2.08. The van der Waals surface area contributed by atoms with Crippen molar-refractivity contribution in [3.63, 3.8) is 0 Å². The largest absolute Gasteiger partial charge is 0.475 e. The Labute approximate surface area is 69.4 Å². The Balaban J connectivity index is 2.43. The fourth-order valence-electron chi connectivity index (χ4n) is 1.42. The molecule has 0 saturated carbocycles. The lowest BCUT2D eigenvalue weighted by atomic mass is 10.3. The van der Waals surface area contributed by atoms with Gasteiger partial charge in [0.05, 0.1) is 5.69 Å². The fourth-order valence-corrected chi connectivity index (χ4v) is 1.42. The van der Waals surface area contributed by atoms with Gasteiger partial charge in [0, 0.05) is 26.1 Å². The molecule has 0 radical (unpaired) electrons. The van der Waals surface area contributed by atoms with Crippen LogP contribution in [0, 0.1) is 0 Å². The molecule has 0 atom stereocenters. The smallest absolute Gasteiger partial charge is 0.371 e. The highest BCUT2D eigenvalue weighted by atomic mass is 16.4. The Bertz CT molecular complexity index is 329. The fraction of sp³-hybridized carbons (Fsp3) is 0.375. The molecule has 0 fully saturated rings. The molecule has 0 spiro atoms. The van der Waals surface area contributed by atoms with Gasteiger partial charge in [-0.3, -0.25) is 0 Å². The predicted molar refractivity (Wildman–Crippen MR) is 42.6 cm³/mol. The summed E-state index contributed by atoms with van der Waals surface area (Å²) in [6, 6.07) is 1.57. The number of fused-ring (bicyclic) bond motifs is 1. The molecule has 0 unspecified atom stereocenters. The van der Waals surface area contributed by atoms with Crippen LogP contribution < -0.4 is 4.90 Å². The van der Waals surface area contributed by atoms with Crippen molar-refractivity contribution in [1.29, 1.82) is 0 Å². The first-order chi connectivity index (χ1) is 5.68. The summed E-state index contributed by atoms with van der Waals surface area (Å²) in [6.45, 7) is 0.911. The van der Waals surface area contributed by atoms with Gasteiger partial charge in [0.2, 0.25) is 5.76 Å². The molecule has 1 aromatic heterocycles. The second-order valence-electron chi connectivity index (χ2n) is 2.90. The van der Waals surface area contributed by atoms with Gasteiger partial charge in [0.1, 0.15) is 5.76 Å². The first-order valence-electron chi connectivity index (χ1n) is 3.75. The monoisotopic (exact) mass is 167 g/mol. The van der Waals surface area contributed by atoms with Crippen molar-refractivity contribution < 1.29 is 14.3 Å². The van der Waals surface area contributed by atoms with Crippen molar-refractivity contribution in [3.8, 4) is 0 Å². The SMILES string of the molecule is CN1CCc2oc(C(=O)O)cc21. The van der Waals surface area contributed by atoms with Crippen LogP contribution in [-0.2, 0) is 6.42 Å². The summed E-state index contributed by atoms with van der Waals surface area (Å²) in [6.07, 6.45) is 0.805. The molecule has 12 heavy (non-hydrogen) atoms. The number of hydrogen-bond acceptors (Lipinski definition) is 3. The number of aromatic carboxylic acids is 1. The van der Waals surface area contributed by atoms with E-state index in [1.165, 1.54) is 0 Å². The van der Waals surface area contributed by atoms with E-state index in [1.807, 2.05) is 11.9 Å². The van der Waals surface area contributed by atoms with E-state index in [0.29, 0.717) is 0 Å². The van der Waals surface area contributed by atoms with Crippen LogP contribution in [0.1, 0.15) is 16.3 Å². The van der Waals surface area contributed by atoms with E-state index in [0.717, 1.165) is 24.4 Å². The van der Waals surface area contributed by atoms with E-state index in [2.05, 4.69) is 0 Å². The van der Waals surface area contributed by atoms with E-state index in [9.17, 15) is 4.79 Å². The molecule has 0 bridgehead atoms. The zero-order valence-electron chi connectivity index (χ0n) is 6.70. The Morgan fingerprint density at radius 1 is 1.75 bits per heavy atom. The molecule has 0 aromatic carbocycles. The first kappa shape index (κ1) is 7.21. The highest BCUT2D eigenvalue weighted by molar-refractivity contribution is 5.86. The third-order valence-electron chi connectivity index (χ3n) is 2.08. The van der Waals surface area contributed by atoms with Gasteiger partial charge < -0.3 is 14.4 Å². The topological polar surface area (TPSA) is 53.7 Å². The minimum atomic E-state index is -1.00. The minimum absolute atomic E-state index is 0.0338. The summed E-state index contributed by atoms with van der Waals surface area (Å²) >= 11 is 0. The summed E-state index contributed by atoms with van der Waals surface area (Å²) in [7, 11) is 1.92. The van der Waals surface area contributed by atoms with Crippen LogP contribution in [0.2, 0.25) is 0 Å². The summed E-state index contributed by atoms with van der Waals surface area (Å²) in [4.78, 5) is 12.5. The molecule has 2 heterocycles.